The number of carbonyl (C=O) groups is 2. The lowest BCUT2D eigenvalue weighted by Gasteiger charge is -2.14. The van der Waals surface area contributed by atoms with Crippen LogP contribution in [-0.4, -0.2) is 30.6 Å². The van der Waals surface area contributed by atoms with Gasteiger partial charge in [0.1, 0.15) is 5.78 Å². The smallest absolute Gasteiger partial charge is 0.336 e. The third-order valence-electron chi connectivity index (χ3n) is 4.24. The molecule has 0 aliphatic rings. The lowest BCUT2D eigenvalue weighted by molar-refractivity contribution is -0.137. The molecule has 0 aliphatic heterocycles. The zero-order valence-electron chi connectivity index (χ0n) is 15.8. The van der Waals surface area contributed by atoms with E-state index in [4.69, 9.17) is 5.11 Å². The minimum absolute atomic E-state index is 0.0155. The number of hydrogen-bond acceptors (Lipinski definition) is 5. The Hall–Kier alpha value is -3.58. The summed E-state index contributed by atoms with van der Waals surface area (Å²) in [6, 6.07) is 0. The Balaban J connectivity index is 2.77. The molecule has 0 amide bonds. The van der Waals surface area contributed by atoms with Crippen LogP contribution in [0.25, 0.3) is 0 Å². The van der Waals surface area contributed by atoms with E-state index in [1.54, 1.807) is 0 Å². The number of aliphatic carboxylic acids is 1. The van der Waals surface area contributed by atoms with Crippen molar-refractivity contribution in [3.63, 3.8) is 0 Å². The van der Waals surface area contributed by atoms with E-state index >= 15 is 0 Å². The number of halogens is 5. The van der Waals surface area contributed by atoms with Crippen LogP contribution >= 0.6 is 0 Å². The zero-order valence-corrected chi connectivity index (χ0v) is 15.8. The second-order valence-electron chi connectivity index (χ2n) is 6.38. The van der Waals surface area contributed by atoms with Crippen molar-refractivity contribution in [2.75, 3.05) is 0 Å². The second-order valence-corrected chi connectivity index (χ2v) is 6.38. The fourth-order valence-electron chi connectivity index (χ4n) is 2.62. The second kappa shape index (κ2) is 9.06. The van der Waals surface area contributed by atoms with Gasteiger partial charge in [-0.25, -0.2) is 50.0 Å². The first-order valence-electron chi connectivity index (χ1n) is 8.54. The number of aromatic nitrogens is 3. The van der Waals surface area contributed by atoms with Crippen molar-refractivity contribution >= 4 is 11.8 Å². The summed E-state index contributed by atoms with van der Waals surface area (Å²) in [5.74, 6) is -13.5. The van der Waals surface area contributed by atoms with E-state index in [-0.39, 0.29) is 15.6 Å². The van der Waals surface area contributed by atoms with Gasteiger partial charge in [0, 0.05) is 25.1 Å². The first kappa shape index (κ1) is 23.7. The Kier molecular flexibility index (Phi) is 6.92. The molecule has 9 nitrogen and oxygen atoms in total. The van der Waals surface area contributed by atoms with Crippen LogP contribution in [0.5, 0.6) is 0 Å². The average molecular weight is 451 g/mol. The van der Waals surface area contributed by atoms with E-state index in [2.05, 4.69) is 0 Å². The molecular weight excluding hydrogens is 437 g/mol. The number of benzene rings is 1. The van der Waals surface area contributed by atoms with Gasteiger partial charge in [-0.15, -0.1) is 0 Å². The van der Waals surface area contributed by atoms with Gasteiger partial charge in [0.05, 0.1) is 13.0 Å². The Morgan fingerprint density at radius 2 is 1.10 bits per heavy atom. The maximum absolute atomic E-state index is 14.0. The highest BCUT2D eigenvalue weighted by Gasteiger charge is 2.27. The van der Waals surface area contributed by atoms with E-state index in [0.29, 0.717) is 4.57 Å². The summed E-state index contributed by atoms with van der Waals surface area (Å²) in [6.45, 7) is -1.66. The van der Waals surface area contributed by atoms with Crippen LogP contribution in [0.4, 0.5) is 22.0 Å². The summed E-state index contributed by atoms with van der Waals surface area (Å²) in [4.78, 5) is 59.5. The lowest BCUT2D eigenvalue weighted by atomic mass is 10.1. The normalized spacial score (nSPS) is 11.0. The highest BCUT2D eigenvalue weighted by atomic mass is 19.2. The van der Waals surface area contributed by atoms with E-state index in [0.717, 1.165) is 6.92 Å². The largest absolute Gasteiger partial charge is 0.481 e. The van der Waals surface area contributed by atoms with Crippen LogP contribution in [-0.2, 0) is 29.2 Å². The summed E-state index contributed by atoms with van der Waals surface area (Å²) >= 11 is 0. The van der Waals surface area contributed by atoms with E-state index in [9.17, 15) is 45.9 Å². The third kappa shape index (κ3) is 4.62. The molecular formula is C17H14F5N3O6. The molecule has 14 heteroatoms. The third-order valence-corrected chi connectivity index (χ3v) is 4.24. The number of hydrogen-bond donors (Lipinski definition) is 1. The molecule has 0 radical (unpaired) electrons. The van der Waals surface area contributed by atoms with Crippen molar-refractivity contribution in [1.29, 1.82) is 0 Å². The number of carboxylic acid groups (broad SMARTS) is 1. The van der Waals surface area contributed by atoms with Crippen molar-refractivity contribution < 1.29 is 36.6 Å². The molecule has 0 aliphatic carbocycles. The van der Waals surface area contributed by atoms with Gasteiger partial charge in [0.25, 0.3) is 0 Å². The zero-order chi connectivity index (χ0) is 23.6. The van der Waals surface area contributed by atoms with Crippen molar-refractivity contribution in [1.82, 2.24) is 13.7 Å². The van der Waals surface area contributed by atoms with E-state index in [1.807, 2.05) is 0 Å². The molecule has 2 rings (SSSR count). The Bertz CT molecular complexity index is 1160. The number of rotatable bonds is 8. The maximum Gasteiger partial charge on any atom is 0.336 e. The van der Waals surface area contributed by atoms with Gasteiger partial charge in [0.15, 0.2) is 23.3 Å². The summed E-state index contributed by atoms with van der Waals surface area (Å²) in [6.07, 6.45) is -1.13. The molecule has 1 heterocycles. The number of carboxylic acids is 1. The van der Waals surface area contributed by atoms with Gasteiger partial charge >= 0.3 is 23.0 Å². The molecule has 0 bridgehead atoms. The molecule has 1 aromatic heterocycles. The molecule has 0 spiro atoms. The number of ketones is 1. The SMILES string of the molecule is CC(=O)CCn1c(=O)n(CCC(=O)O)c(=O)n(Cc2c(F)c(F)c(F)c(F)c2F)c1=O. The molecule has 31 heavy (non-hydrogen) atoms. The van der Waals surface area contributed by atoms with Gasteiger partial charge in [-0.1, -0.05) is 0 Å². The van der Waals surface area contributed by atoms with Crippen molar-refractivity contribution in [2.45, 2.75) is 39.4 Å². The standard InChI is InChI=1S/C17H14F5N3O6/c1-7(26)2-4-23-15(29)24(5-3-9(27)28)17(31)25(16(23)30)6-8-10(18)12(20)14(22)13(21)11(8)19/h2-6H2,1H3,(H,27,28). The van der Waals surface area contributed by atoms with Crippen molar-refractivity contribution in [3.8, 4) is 0 Å². The van der Waals surface area contributed by atoms with Crippen LogP contribution < -0.4 is 17.1 Å². The van der Waals surface area contributed by atoms with Crippen LogP contribution in [0, 0.1) is 29.1 Å². The van der Waals surface area contributed by atoms with E-state index in [1.165, 1.54) is 0 Å². The quantitative estimate of drug-likeness (QED) is 0.352. The van der Waals surface area contributed by atoms with Crippen molar-refractivity contribution in [2.24, 2.45) is 0 Å². The molecule has 2 aromatic rings. The van der Waals surface area contributed by atoms with Gasteiger partial charge in [0.2, 0.25) is 5.82 Å². The maximum atomic E-state index is 14.0. The summed E-state index contributed by atoms with van der Waals surface area (Å²) in [7, 11) is 0. The first-order valence-corrected chi connectivity index (χ1v) is 8.54. The van der Waals surface area contributed by atoms with Gasteiger partial charge < -0.3 is 5.11 Å². The van der Waals surface area contributed by atoms with Gasteiger partial charge in [-0.3, -0.25) is 9.59 Å². The van der Waals surface area contributed by atoms with E-state index < -0.39 is 89.5 Å². The van der Waals surface area contributed by atoms with Crippen LogP contribution in [0.15, 0.2) is 14.4 Å². The molecule has 0 saturated heterocycles. The highest BCUT2D eigenvalue weighted by Crippen LogP contribution is 2.23. The monoisotopic (exact) mass is 451 g/mol. The molecule has 1 N–H and O–H groups in total. The summed E-state index contributed by atoms with van der Waals surface area (Å²) in [5.41, 5.74) is -5.82. The minimum Gasteiger partial charge on any atom is -0.481 e. The fourth-order valence-corrected chi connectivity index (χ4v) is 2.62. The summed E-state index contributed by atoms with van der Waals surface area (Å²) < 4.78 is 68.8. The van der Waals surface area contributed by atoms with Crippen LogP contribution in [0.1, 0.15) is 25.3 Å². The fraction of sp³-hybridized carbons (Fsp3) is 0.353. The molecule has 0 saturated carbocycles. The number of carbonyl (C=O) groups excluding carboxylic acids is 1. The Labute approximate surface area is 168 Å². The Morgan fingerprint density at radius 1 is 0.710 bits per heavy atom. The molecule has 0 unspecified atom stereocenters. The first-order chi connectivity index (χ1) is 14.4. The number of Topliss-reactive ketones (excluding diaryl/α,β-unsaturated/α-hetero) is 1. The molecule has 0 atom stereocenters. The van der Waals surface area contributed by atoms with Crippen LogP contribution in [0.3, 0.4) is 0 Å². The van der Waals surface area contributed by atoms with Crippen molar-refractivity contribution in [3.05, 3.63) is 66.1 Å². The van der Waals surface area contributed by atoms with Gasteiger partial charge in [-0.05, 0) is 6.92 Å². The predicted molar refractivity (Wildman–Crippen MR) is 92.1 cm³/mol. The minimum atomic E-state index is -2.45. The molecule has 0 fully saturated rings. The summed E-state index contributed by atoms with van der Waals surface area (Å²) in [5, 5.41) is 8.77. The number of nitrogens with zero attached hydrogens (tertiary/aromatic N) is 3. The molecule has 168 valence electrons. The van der Waals surface area contributed by atoms with Crippen LogP contribution in [0.2, 0.25) is 0 Å². The topological polar surface area (TPSA) is 120 Å². The van der Waals surface area contributed by atoms with Gasteiger partial charge in [-0.2, -0.15) is 0 Å². The Morgan fingerprint density at radius 3 is 1.52 bits per heavy atom. The average Bonchev–Trinajstić information content (AvgIpc) is 2.69. The highest BCUT2D eigenvalue weighted by molar-refractivity contribution is 5.75. The lowest BCUT2D eigenvalue weighted by Crippen LogP contribution is -2.55. The molecule has 1 aromatic carbocycles. The predicted octanol–water partition coefficient (Wildman–Crippen LogP) is 0.369.